The van der Waals surface area contributed by atoms with Crippen molar-refractivity contribution in [1.82, 2.24) is 9.78 Å². The summed E-state index contributed by atoms with van der Waals surface area (Å²) in [6.07, 6.45) is 3.66. The number of halogens is 1. The summed E-state index contributed by atoms with van der Waals surface area (Å²) in [6.45, 7) is 0.691. The molecule has 26 heavy (non-hydrogen) atoms. The van der Waals surface area contributed by atoms with Crippen molar-refractivity contribution < 1.29 is 9.18 Å². The fraction of sp³-hybridized carbons (Fsp3) is 0.238. The van der Waals surface area contributed by atoms with Crippen LogP contribution in [0.25, 0.3) is 5.69 Å². The van der Waals surface area contributed by atoms with Gasteiger partial charge in [0.05, 0.1) is 5.69 Å². The summed E-state index contributed by atoms with van der Waals surface area (Å²) in [5.41, 5.74) is 5.65. The summed E-state index contributed by atoms with van der Waals surface area (Å²) < 4.78 is 15.1. The second kappa shape index (κ2) is 5.80. The number of carbonyl (C=O) groups is 1. The number of carbonyl (C=O) groups excluding carboxylic acids is 1. The first-order chi connectivity index (χ1) is 12.7. The minimum atomic E-state index is -0.275. The van der Waals surface area contributed by atoms with E-state index in [1.807, 2.05) is 27.8 Å². The van der Waals surface area contributed by atoms with Crippen LogP contribution in [-0.2, 0) is 19.3 Å². The van der Waals surface area contributed by atoms with Crippen LogP contribution in [0.3, 0.4) is 0 Å². The van der Waals surface area contributed by atoms with Crippen molar-refractivity contribution in [2.75, 3.05) is 11.4 Å². The zero-order valence-corrected chi connectivity index (χ0v) is 14.3. The smallest absolute Gasteiger partial charge is 0.279 e. The molecule has 2 aliphatic rings. The van der Waals surface area contributed by atoms with Crippen LogP contribution in [0.2, 0.25) is 0 Å². The molecule has 0 fully saturated rings. The van der Waals surface area contributed by atoms with Gasteiger partial charge in [0.25, 0.3) is 5.91 Å². The van der Waals surface area contributed by atoms with E-state index in [9.17, 15) is 9.18 Å². The predicted molar refractivity (Wildman–Crippen MR) is 97.4 cm³/mol. The number of hydrogen-bond donors (Lipinski definition) is 0. The van der Waals surface area contributed by atoms with Gasteiger partial charge in [-0.3, -0.25) is 4.79 Å². The Morgan fingerprint density at radius 1 is 1.00 bits per heavy atom. The number of fused-ring (bicyclic) bond motifs is 2. The molecule has 3 aromatic rings. The van der Waals surface area contributed by atoms with Crippen LogP contribution in [-0.4, -0.2) is 22.2 Å². The van der Waals surface area contributed by atoms with E-state index >= 15 is 0 Å². The van der Waals surface area contributed by atoms with E-state index in [0.717, 1.165) is 48.3 Å². The Morgan fingerprint density at radius 2 is 1.81 bits per heavy atom. The highest BCUT2D eigenvalue weighted by Gasteiger charge is 2.32. The van der Waals surface area contributed by atoms with Crippen molar-refractivity contribution >= 4 is 11.6 Å². The lowest BCUT2D eigenvalue weighted by atomic mass is 10.1. The first-order valence-electron chi connectivity index (χ1n) is 8.99. The molecule has 2 heterocycles. The average molecular weight is 347 g/mol. The quantitative estimate of drug-likeness (QED) is 0.709. The zero-order chi connectivity index (χ0) is 17.7. The lowest BCUT2D eigenvalue weighted by molar-refractivity contribution is 0.0983. The SMILES string of the molecule is O=C(c1nn(-c2ccc(F)cc2)c2c1CCC2)N1CCc2ccccc21. The van der Waals surface area contributed by atoms with Gasteiger partial charge >= 0.3 is 0 Å². The summed E-state index contributed by atoms with van der Waals surface area (Å²) in [5.74, 6) is -0.309. The Balaban J connectivity index is 1.57. The molecule has 0 spiro atoms. The maximum Gasteiger partial charge on any atom is 0.279 e. The van der Waals surface area contributed by atoms with Crippen LogP contribution in [0.15, 0.2) is 48.5 Å². The lowest BCUT2D eigenvalue weighted by Crippen LogP contribution is -2.30. The molecule has 0 N–H and O–H groups in total. The van der Waals surface area contributed by atoms with E-state index in [0.29, 0.717) is 12.2 Å². The maximum absolute atomic E-state index is 13.3. The fourth-order valence-electron chi connectivity index (χ4n) is 4.08. The third-order valence-electron chi connectivity index (χ3n) is 5.34. The Hall–Kier alpha value is -2.95. The topological polar surface area (TPSA) is 38.1 Å². The van der Waals surface area contributed by atoms with Crippen LogP contribution in [0.1, 0.15) is 33.7 Å². The van der Waals surface area contributed by atoms with Gasteiger partial charge in [-0.1, -0.05) is 18.2 Å². The van der Waals surface area contributed by atoms with E-state index in [1.54, 1.807) is 12.1 Å². The van der Waals surface area contributed by atoms with E-state index in [-0.39, 0.29) is 11.7 Å². The van der Waals surface area contributed by atoms with E-state index in [1.165, 1.54) is 17.7 Å². The normalized spacial score (nSPS) is 15.2. The van der Waals surface area contributed by atoms with Gasteiger partial charge in [-0.05, 0) is 61.6 Å². The predicted octanol–water partition coefficient (Wildman–Crippen LogP) is 3.70. The molecule has 1 aliphatic carbocycles. The van der Waals surface area contributed by atoms with Gasteiger partial charge in [0.2, 0.25) is 0 Å². The molecule has 0 radical (unpaired) electrons. The highest BCUT2D eigenvalue weighted by atomic mass is 19.1. The van der Waals surface area contributed by atoms with Crippen molar-refractivity contribution in [3.8, 4) is 5.69 Å². The molecule has 0 saturated carbocycles. The van der Waals surface area contributed by atoms with E-state index in [4.69, 9.17) is 0 Å². The molecule has 0 atom stereocenters. The number of rotatable bonds is 2. The number of nitrogens with zero attached hydrogens (tertiary/aromatic N) is 3. The molecular weight excluding hydrogens is 329 g/mol. The van der Waals surface area contributed by atoms with Crippen molar-refractivity contribution in [2.24, 2.45) is 0 Å². The third kappa shape index (κ3) is 2.27. The molecule has 0 unspecified atom stereocenters. The molecular formula is C21H18FN3O. The molecule has 0 saturated heterocycles. The van der Waals surface area contributed by atoms with Gasteiger partial charge in [0.1, 0.15) is 5.82 Å². The number of hydrogen-bond acceptors (Lipinski definition) is 2. The number of benzene rings is 2. The second-order valence-corrected chi connectivity index (χ2v) is 6.85. The Morgan fingerprint density at radius 3 is 2.65 bits per heavy atom. The molecule has 1 aromatic heterocycles. The molecule has 4 nitrogen and oxygen atoms in total. The van der Waals surface area contributed by atoms with Gasteiger partial charge in [-0.2, -0.15) is 5.10 Å². The summed E-state index contributed by atoms with van der Waals surface area (Å²) in [5, 5.41) is 4.65. The number of anilines is 1. The van der Waals surface area contributed by atoms with Crippen LogP contribution in [0, 0.1) is 5.82 Å². The number of para-hydroxylation sites is 1. The average Bonchev–Trinajstić information content (AvgIpc) is 3.37. The van der Waals surface area contributed by atoms with Crippen molar-refractivity contribution in [3.63, 3.8) is 0 Å². The largest absolute Gasteiger partial charge is 0.306 e. The summed E-state index contributed by atoms with van der Waals surface area (Å²) in [7, 11) is 0. The van der Waals surface area contributed by atoms with Gasteiger partial charge in [-0.15, -0.1) is 0 Å². The molecule has 1 amide bonds. The Kier molecular flexibility index (Phi) is 3.42. The highest BCUT2D eigenvalue weighted by Crippen LogP contribution is 2.32. The van der Waals surface area contributed by atoms with Gasteiger partial charge in [0.15, 0.2) is 5.69 Å². The number of amides is 1. The first kappa shape index (κ1) is 15.3. The van der Waals surface area contributed by atoms with Crippen LogP contribution in [0.4, 0.5) is 10.1 Å². The molecule has 0 bridgehead atoms. The van der Waals surface area contributed by atoms with Crippen molar-refractivity contribution in [2.45, 2.75) is 25.7 Å². The van der Waals surface area contributed by atoms with Crippen molar-refractivity contribution in [3.05, 3.63) is 76.9 Å². The van der Waals surface area contributed by atoms with Gasteiger partial charge in [0, 0.05) is 23.5 Å². The maximum atomic E-state index is 13.3. The monoisotopic (exact) mass is 347 g/mol. The fourth-order valence-corrected chi connectivity index (χ4v) is 4.08. The van der Waals surface area contributed by atoms with E-state index < -0.39 is 0 Å². The standard InChI is InChI=1S/C21H18FN3O/c22-15-8-10-16(11-9-15)25-19-7-3-5-17(19)20(23-25)21(26)24-13-12-14-4-1-2-6-18(14)24/h1-2,4,6,8-11H,3,5,7,12-13H2. The van der Waals surface area contributed by atoms with Crippen LogP contribution < -0.4 is 4.90 Å². The molecule has 5 heteroatoms. The van der Waals surface area contributed by atoms with Crippen LogP contribution >= 0.6 is 0 Å². The summed E-state index contributed by atoms with van der Waals surface area (Å²) in [4.78, 5) is 15.1. The first-order valence-corrected chi connectivity index (χ1v) is 8.99. The van der Waals surface area contributed by atoms with Crippen LogP contribution in [0.5, 0.6) is 0 Å². The Bertz CT molecular complexity index is 1010. The molecule has 5 rings (SSSR count). The molecule has 130 valence electrons. The zero-order valence-electron chi connectivity index (χ0n) is 14.3. The van der Waals surface area contributed by atoms with Crippen molar-refractivity contribution in [1.29, 1.82) is 0 Å². The molecule has 1 aliphatic heterocycles. The van der Waals surface area contributed by atoms with Gasteiger partial charge < -0.3 is 4.90 Å². The minimum absolute atomic E-state index is 0.0334. The minimum Gasteiger partial charge on any atom is -0.306 e. The van der Waals surface area contributed by atoms with Gasteiger partial charge in [-0.25, -0.2) is 9.07 Å². The summed E-state index contributed by atoms with van der Waals surface area (Å²) >= 11 is 0. The highest BCUT2D eigenvalue weighted by molar-refractivity contribution is 6.07. The second-order valence-electron chi connectivity index (χ2n) is 6.85. The lowest BCUT2D eigenvalue weighted by Gasteiger charge is -2.16. The van der Waals surface area contributed by atoms with E-state index in [2.05, 4.69) is 11.2 Å². The number of aromatic nitrogens is 2. The summed E-state index contributed by atoms with van der Waals surface area (Å²) in [6, 6.07) is 14.3. The third-order valence-corrected chi connectivity index (χ3v) is 5.34. The molecule has 2 aromatic carbocycles. The Labute approximate surface area is 150 Å².